The molecule has 3 N–H and O–H groups in total. The van der Waals surface area contributed by atoms with Crippen LogP contribution in [0.15, 0.2) is 65.8 Å². The van der Waals surface area contributed by atoms with E-state index in [9.17, 15) is 4.79 Å². The number of aryl methyl sites for hydroxylation is 1. The van der Waals surface area contributed by atoms with Crippen LogP contribution in [0.1, 0.15) is 18.1 Å². The third kappa shape index (κ3) is 3.40. The Morgan fingerprint density at radius 2 is 1.89 bits per heavy atom. The minimum Gasteiger partial charge on any atom is -0.350 e. The number of urea groups is 1. The molecule has 3 aromatic rings. The molecule has 4 rings (SSSR count). The van der Waals surface area contributed by atoms with Crippen LogP contribution in [0.3, 0.4) is 0 Å². The zero-order valence-electron chi connectivity index (χ0n) is 15.5. The fraction of sp³-hybridized carbons (Fsp3) is 0.130. The van der Waals surface area contributed by atoms with Gasteiger partial charge in [0.25, 0.3) is 0 Å². The van der Waals surface area contributed by atoms with Crippen LogP contribution in [-0.2, 0) is 6.54 Å². The molecule has 5 nitrogen and oxygen atoms in total. The summed E-state index contributed by atoms with van der Waals surface area (Å²) in [4.78, 5) is 10.8. The normalized spacial score (nSPS) is 13.5. The number of nitrogens with one attached hydrogen (secondary N) is 1. The van der Waals surface area contributed by atoms with Crippen LogP contribution in [-0.4, -0.2) is 16.8 Å². The van der Waals surface area contributed by atoms with E-state index in [4.69, 9.17) is 5.73 Å². The molecule has 0 fully saturated rings. The van der Waals surface area contributed by atoms with Crippen molar-refractivity contribution in [3.05, 3.63) is 71.8 Å². The van der Waals surface area contributed by atoms with Gasteiger partial charge in [0.1, 0.15) is 0 Å². The Balaban J connectivity index is 1.80. The Morgan fingerprint density at radius 1 is 1.18 bits per heavy atom. The molecule has 1 aliphatic rings. The van der Waals surface area contributed by atoms with Crippen LogP contribution < -0.4 is 11.2 Å². The number of benzene rings is 2. The van der Waals surface area contributed by atoms with E-state index in [1.54, 1.807) is 6.21 Å². The average Bonchev–Trinajstić information content (AvgIpc) is 3.31. The van der Waals surface area contributed by atoms with E-state index in [2.05, 4.69) is 76.3 Å². The highest BCUT2D eigenvalue weighted by atomic mass is 16.2. The molecule has 1 aromatic heterocycles. The van der Waals surface area contributed by atoms with Gasteiger partial charge in [-0.3, -0.25) is 0 Å². The lowest BCUT2D eigenvalue weighted by Crippen LogP contribution is -2.24. The Labute approximate surface area is 163 Å². The second-order valence-electron chi connectivity index (χ2n) is 6.55. The number of rotatable bonds is 3. The summed E-state index contributed by atoms with van der Waals surface area (Å²) in [6, 6.07) is 11.8. The van der Waals surface area contributed by atoms with Gasteiger partial charge in [-0.15, -0.1) is 0 Å². The van der Waals surface area contributed by atoms with Crippen molar-refractivity contribution in [3.8, 4) is 11.8 Å². The molecule has 2 amide bonds. The van der Waals surface area contributed by atoms with Crippen LogP contribution in [0.4, 0.5) is 4.79 Å². The Bertz CT molecular complexity index is 1210. The molecule has 0 bridgehead atoms. The fourth-order valence-electron chi connectivity index (χ4n) is 3.49. The number of hydrazone groups is 1. The summed E-state index contributed by atoms with van der Waals surface area (Å²) in [6.07, 6.45) is 9.79. The molecule has 0 atom stereocenters. The largest absolute Gasteiger partial charge is 0.350 e. The molecule has 0 aliphatic heterocycles. The Morgan fingerprint density at radius 3 is 2.61 bits per heavy atom. The fourth-order valence-corrected chi connectivity index (χ4v) is 3.49. The lowest BCUT2D eigenvalue weighted by atomic mass is 10.1. The summed E-state index contributed by atoms with van der Waals surface area (Å²) in [6.45, 7) is 3.01. The number of hydrogen-bond donors (Lipinski definition) is 2. The van der Waals surface area contributed by atoms with E-state index in [1.807, 2.05) is 18.2 Å². The highest BCUT2D eigenvalue weighted by molar-refractivity contribution is 6.10. The van der Waals surface area contributed by atoms with Crippen molar-refractivity contribution in [1.82, 2.24) is 9.99 Å². The van der Waals surface area contributed by atoms with E-state index >= 15 is 0 Å². The Hall–Kier alpha value is -3.78. The smallest absolute Gasteiger partial charge is 0.332 e. The number of aromatic nitrogens is 1. The summed E-state index contributed by atoms with van der Waals surface area (Å²) >= 11 is 0. The first-order chi connectivity index (χ1) is 13.7. The highest BCUT2D eigenvalue weighted by Gasteiger charge is 2.10. The third-order valence-corrected chi connectivity index (χ3v) is 4.72. The molecule has 0 unspecified atom stereocenters. The lowest BCUT2D eigenvalue weighted by Gasteiger charge is -2.03. The van der Waals surface area contributed by atoms with E-state index in [-0.39, 0.29) is 5.92 Å². The van der Waals surface area contributed by atoms with E-state index in [1.165, 1.54) is 5.52 Å². The van der Waals surface area contributed by atoms with E-state index < -0.39 is 6.03 Å². The van der Waals surface area contributed by atoms with E-state index in [0.717, 1.165) is 34.0 Å². The number of amides is 2. The minimum absolute atomic E-state index is 0.188. The highest BCUT2D eigenvalue weighted by Crippen LogP contribution is 2.30. The maximum atomic E-state index is 10.8. The molecule has 28 heavy (non-hydrogen) atoms. The van der Waals surface area contributed by atoms with Gasteiger partial charge in [-0.25, -0.2) is 10.2 Å². The monoisotopic (exact) mass is 368 g/mol. The third-order valence-electron chi connectivity index (χ3n) is 4.72. The van der Waals surface area contributed by atoms with Crippen molar-refractivity contribution in [1.29, 1.82) is 0 Å². The molecule has 2 aromatic carbocycles. The predicted octanol–water partition coefficient (Wildman–Crippen LogP) is 3.91. The summed E-state index contributed by atoms with van der Waals surface area (Å²) in [5, 5.41) is 6.14. The van der Waals surface area contributed by atoms with Crippen molar-refractivity contribution in [3.63, 3.8) is 0 Å². The summed E-state index contributed by atoms with van der Waals surface area (Å²) in [7, 11) is 0. The maximum Gasteiger partial charge on any atom is 0.332 e. The molecule has 0 spiro atoms. The molecule has 1 aliphatic carbocycles. The summed E-state index contributed by atoms with van der Waals surface area (Å²) in [5.41, 5.74) is 11.5. The van der Waals surface area contributed by atoms with Crippen molar-refractivity contribution in [2.75, 3.05) is 0 Å². The van der Waals surface area contributed by atoms with Crippen molar-refractivity contribution < 1.29 is 4.79 Å². The molecular weight excluding hydrogens is 348 g/mol. The zero-order valence-corrected chi connectivity index (χ0v) is 15.5. The number of nitrogens with zero attached hydrogens (tertiary/aromatic N) is 2. The average molecular weight is 368 g/mol. The van der Waals surface area contributed by atoms with Gasteiger partial charge in [-0.1, -0.05) is 42.2 Å². The van der Waals surface area contributed by atoms with Crippen LogP contribution in [0.2, 0.25) is 0 Å². The lowest BCUT2D eigenvalue weighted by molar-refractivity contribution is 0.249. The van der Waals surface area contributed by atoms with Gasteiger partial charge in [0, 0.05) is 33.9 Å². The predicted molar refractivity (Wildman–Crippen MR) is 114 cm³/mol. The number of carbonyl (C=O) groups excluding carboxylic acids is 1. The van der Waals surface area contributed by atoms with Gasteiger partial charge in [-0.05, 0) is 42.8 Å². The standard InChI is InChI=1S/C23H20N4O/c1-2-27-21-11-9-17(8-7-16-5-3-4-6-16)13-19(21)20-14-18(10-12-22(20)27)15-25-26-23(24)28/h3-6,9-16H,2H2,1H3,(H3,24,26,28). The number of primary amides is 1. The van der Waals surface area contributed by atoms with E-state index in [0.29, 0.717) is 0 Å². The number of fused-ring (bicyclic) bond motifs is 3. The zero-order chi connectivity index (χ0) is 19.5. The molecule has 0 radical (unpaired) electrons. The number of hydrogen-bond acceptors (Lipinski definition) is 2. The molecule has 1 heterocycles. The Kier molecular flexibility index (Phi) is 4.69. The number of carbonyl (C=O) groups is 1. The van der Waals surface area contributed by atoms with Crippen LogP contribution in [0, 0.1) is 17.8 Å². The first kappa shape index (κ1) is 17.6. The van der Waals surface area contributed by atoms with Gasteiger partial charge < -0.3 is 10.3 Å². The quantitative estimate of drug-likeness (QED) is 0.411. The van der Waals surface area contributed by atoms with Crippen LogP contribution >= 0.6 is 0 Å². The van der Waals surface area contributed by atoms with Crippen molar-refractivity contribution in [2.45, 2.75) is 13.5 Å². The van der Waals surface area contributed by atoms with Crippen LogP contribution in [0.5, 0.6) is 0 Å². The summed E-state index contributed by atoms with van der Waals surface area (Å²) < 4.78 is 2.28. The molecule has 138 valence electrons. The number of nitrogens with two attached hydrogens (primary N) is 1. The first-order valence-electron chi connectivity index (χ1n) is 9.17. The second kappa shape index (κ2) is 7.45. The van der Waals surface area contributed by atoms with Crippen molar-refractivity contribution in [2.24, 2.45) is 16.8 Å². The van der Waals surface area contributed by atoms with Crippen LogP contribution in [0.25, 0.3) is 21.8 Å². The maximum absolute atomic E-state index is 10.8. The van der Waals surface area contributed by atoms with Gasteiger partial charge >= 0.3 is 6.03 Å². The van der Waals surface area contributed by atoms with Gasteiger partial charge in [0.2, 0.25) is 0 Å². The molecule has 5 heteroatoms. The topological polar surface area (TPSA) is 72.4 Å². The first-order valence-corrected chi connectivity index (χ1v) is 9.17. The second-order valence-corrected chi connectivity index (χ2v) is 6.55. The van der Waals surface area contributed by atoms with Crippen molar-refractivity contribution >= 4 is 34.1 Å². The SMILES string of the molecule is CCn1c2ccc(C#CC3C=CC=C3)cc2c2cc(C=NNC(N)=O)ccc21. The van der Waals surface area contributed by atoms with Gasteiger partial charge in [0.15, 0.2) is 0 Å². The number of allylic oxidation sites excluding steroid dienone is 4. The molecular formula is C23H20N4O. The molecule has 0 saturated heterocycles. The summed E-state index contributed by atoms with van der Waals surface area (Å²) in [5.74, 6) is 6.75. The van der Waals surface area contributed by atoms with Gasteiger partial charge in [-0.2, -0.15) is 5.10 Å². The van der Waals surface area contributed by atoms with Gasteiger partial charge in [0.05, 0.1) is 12.1 Å². The minimum atomic E-state index is -0.685. The molecule has 0 saturated carbocycles.